The molecule has 6 nitrogen and oxygen atoms in total. The Morgan fingerprint density at radius 1 is 0.826 bits per heavy atom. The van der Waals surface area contributed by atoms with Crippen LogP contribution < -0.4 is 10.0 Å². The molecule has 8 heterocycles. The van der Waals surface area contributed by atoms with Gasteiger partial charge < -0.3 is 14.1 Å². The van der Waals surface area contributed by atoms with Crippen LogP contribution in [0.15, 0.2) is 155 Å². The summed E-state index contributed by atoms with van der Waals surface area (Å²) >= 11 is 5.29. The molecule has 0 aliphatic carbocycles. The molecule has 0 bridgehead atoms. The van der Waals surface area contributed by atoms with Crippen molar-refractivity contribution in [3.05, 3.63) is 172 Å². The lowest BCUT2D eigenvalue weighted by Gasteiger charge is -2.48. The van der Waals surface area contributed by atoms with E-state index >= 15 is 0 Å². The lowest BCUT2D eigenvalue weighted by atomic mass is 9.59. The molecule has 2 aliphatic rings. The highest BCUT2D eigenvalue weighted by molar-refractivity contribution is 7.19. The highest BCUT2D eigenvalue weighted by Crippen LogP contribution is 2.66. The molecular formula is C37H28N4O2S3. The predicted octanol–water partition coefficient (Wildman–Crippen LogP) is 9.35. The van der Waals surface area contributed by atoms with Gasteiger partial charge in [0.1, 0.15) is 22.6 Å². The minimum absolute atomic E-state index is 0.357. The predicted molar refractivity (Wildman–Crippen MR) is 188 cm³/mol. The summed E-state index contributed by atoms with van der Waals surface area (Å²) in [6, 6.07) is 34.0. The number of aromatic amines is 1. The lowest BCUT2D eigenvalue weighted by Crippen LogP contribution is -2.59. The number of allylic oxidation sites excluding steroid dienone is 2. The van der Waals surface area contributed by atoms with Crippen molar-refractivity contribution >= 4 is 55.0 Å². The van der Waals surface area contributed by atoms with Gasteiger partial charge in [-0.1, -0.05) is 36.4 Å². The van der Waals surface area contributed by atoms with Gasteiger partial charge in [0.15, 0.2) is 5.54 Å². The zero-order valence-electron chi connectivity index (χ0n) is 24.5. The van der Waals surface area contributed by atoms with E-state index in [4.69, 9.17) is 14.1 Å². The Hall–Kier alpha value is -4.83. The standard InChI is InChI=1S/C37H28N4O2S3/c1-2-13-28-26(11-1)25-32(46-28)37(30-15-7-20-39-30)36(31-16-9-23-44-31,29-14-3-5-19-38-29)35(27-12-4-6-21-42-27)40(33-17-8-22-43-33)41(37)34-18-10-24-45-34/h1-25,27,35,39H. The first-order valence-electron chi connectivity index (χ1n) is 15.1. The second kappa shape index (κ2) is 10.9. The van der Waals surface area contributed by atoms with Crippen LogP contribution in [0, 0.1) is 0 Å². The molecule has 7 aromatic rings. The van der Waals surface area contributed by atoms with Gasteiger partial charge in [0.2, 0.25) is 5.88 Å². The minimum Gasteiger partial charge on any atom is -0.492 e. The molecule has 46 heavy (non-hydrogen) atoms. The largest absolute Gasteiger partial charge is 0.492 e. The normalized spacial score (nSPS) is 24.2. The molecule has 1 fully saturated rings. The summed E-state index contributed by atoms with van der Waals surface area (Å²) in [6.45, 7) is 0. The first-order valence-corrected chi connectivity index (χ1v) is 17.6. The highest BCUT2D eigenvalue weighted by atomic mass is 32.1. The van der Waals surface area contributed by atoms with Gasteiger partial charge in [0, 0.05) is 38.6 Å². The van der Waals surface area contributed by atoms with Crippen LogP contribution in [0.25, 0.3) is 10.1 Å². The van der Waals surface area contributed by atoms with Crippen LogP contribution in [0.2, 0.25) is 0 Å². The average Bonchev–Trinajstić information content (AvgIpc) is 3.94. The van der Waals surface area contributed by atoms with Crippen LogP contribution in [-0.4, -0.2) is 22.1 Å². The number of fused-ring (bicyclic) bond motifs is 1. The number of nitrogens with one attached hydrogen (secondary N) is 1. The van der Waals surface area contributed by atoms with Crippen LogP contribution in [-0.2, 0) is 15.7 Å². The molecule has 4 unspecified atom stereocenters. The summed E-state index contributed by atoms with van der Waals surface area (Å²) in [5.74, 6) is 0.719. The van der Waals surface area contributed by atoms with E-state index in [9.17, 15) is 0 Å². The van der Waals surface area contributed by atoms with Crippen molar-refractivity contribution in [1.29, 1.82) is 0 Å². The summed E-state index contributed by atoms with van der Waals surface area (Å²) in [6.07, 6.45) is 13.3. The molecule has 9 heteroatoms. The number of benzene rings is 1. The number of ether oxygens (including phenoxy) is 1. The Labute approximate surface area is 278 Å². The molecule has 1 saturated heterocycles. The Bertz CT molecular complexity index is 2090. The summed E-state index contributed by atoms with van der Waals surface area (Å²) in [4.78, 5) is 11.4. The molecule has 2 aliphatic heterocycles. The van der Waals surface area contributed by atoms with Crippen molar-refractivity contribution < 1.29 is 9.15 Å². The molecule has 6 aromatic heterocycles. The van der Waals surface area contributed by atoms with Crippen molar-refractivity contribution in [2.24, 2.45) is 0 Å². The number of rotatable bonds is 7. The van der Waals surface area contributed by atoms with Crippen molar-refractivity contribution in [1.82, 2.24) is 9.97 Å². The van der Waals surface area contributed by atoms with E-state index in [0.717, 1.165) is 22.3 Å². The van der Waals surface area contributed by atoms with Gasteiger partial charge >= 0.3 is 0 Å². The van der Waals surface area contributed by atoms with E-state index < -0.39 is 11.0 Å². The number of nitrogens with zero attached hydrogens (tertiary/aromatic N) is 3. The number of pyridine rings is 1. The van der Waals surface area contributed by atoms with E-state index in [1.165, 1.54) is 19.8 Å². The highest BCUT2D eigenvalue weighted by Gasteiger charge is 2.75. The summed E-state index contributed by atoms with van der Waals surface area (Å²) in [7, 11) is 0. The number of thiophene rings is 3. The zero-order valence-corrected chi connectivity index (χ0v) is 26.9. The molecule has 4 atom stereocenters. The summed E-state index contributed by atoms with van der Waals surface area (Å²) in [5, 5.41) is 11.4. The fourth-order valence-electron chi connectivity index (χ4n) is 7.47. The number of H-pyrrole nitrogens is 1. The van der Waals surface area contributed by atoms with Crippen molar-refractivity contribution in [3.8, 4) is 0 Å². The van der Waals surface area contributed by atoms with Crippen LogP contribution in [0.1, 0.15) is 21.1 Å². The third-order valence-corrected chi connectivity index (χ3v) is 12.1. The SMILES string of the molecule is C1=COC(C2N(c3ccco3)N(c3cccs3)C(c3ccc[nH]3)(c3cc4ccccc4s3)C2(c2ccccn2)c2cccs2)C=C1. The Morgan fingerprint density at radius 3 is 2.46 bits per heavy atom. The van der Waals surface area contributed by atoms with Gasteiger partial charge in [-0.05, 0) is 89.0 Å². The van der Waals surface area contributed by atoms with Crippen molar-refractivity contribution in [2.75, 3.05) is 10.0 Å². The Kier molecular flexibility index (Phi) is 6.52. The topological polar surface area (TPSA) is 57.5 Å². The number of anilines is 2. The number of furan rings is 1. The molecule has 1 aromatic carbocycles. The molecule has 0 radical (unpaired) electrons. The maximum absolute atomic E-state index is 6.63. The molecule has 0 spiro atoms. The zero-order chi connectivity index (χ0) is 30.6. The minimum atomic E-state index is -0.889. The first-order chi connectivity index (χ1) is 22.8. The molecule has 226 valence electrons. The monoisotopic (exact) mass is 656 g/mol. The number of aromatic nitrogens is 2. The van der Waals surface area contributed by atoms with Crippen molar-refractivity contribution in [2.45, 2.75) is 23.1 Å². The van der Waals surface area contributed by atoms with Gasteiger partial charge in [0.05, 0.1) is 18.2 Å². The molecule has 9 rings (SSSR count). The second-order valence-electron chi connectivity index (χ2n) is 11.3. The molecular weight excluding hydrogens is 629 g/mol. The lowest BCUT2D eigenvalue weighted by molar-refractivity contribution is 0.126. The van der Waals surface area contributed by atoms with Gasteiger partial charge in [-0.2, -0.15) is 0 Å². The number of hydrogen-bond acceptors (Lipinski definition) is 8. The Balaban J connectivity index is 1.54. The third-order valence-electron chi connectivity index (χ3n) is 9.04. The fraction of sp³-hybridized carbons (Fsp3) is 0.108. The van der Waals surface area contributed by atoms with E-state index in [-0.39, 0.29) is 12.1 Å². The quantitative estimate of drug-likeness (QED) is 0.185. The van der Waals surface area contributed by atoms with Gasteiger partial charge in [-0.25, -0.2) is 5.01 Å². The van der Waals surface area contributed by atoms with Crippen LogP contribution in [0.5, 0.6) is 0 Å². The van der Waals surface area contributed by atoms with E-state index in [1.807, 2.05) is 48.0 Å². The van der Waals surface area contributed by atoms with E-state index in [0.29, 0.717) is 0 Å². The maximum atomic E-state index is 6.63. The van der Waals surface area contributed by atoms with E-state index in [2.05, 4.69) is 117 Å². The number of hydrazine groups is 1. The molecule has 0 saturated carbocycles. The summed E-state index contributed by atoms with van der Waals surface area (Å²) < 4.78 is 14.2. The van der Waals surface area contributed by atoms with Crippen LogP contribution >= 0.6 is 34.0 Å². The summed E-state index contributed by atoms with van der Waals surface area (Å²) in [5.41, 5.74) is 0.253. The first kappa shape index (κ1) is 27.5. The molecule has 1 N–H and O–H groups in total. The van der Waals surface area contributed by atoms with Crippen LogP contribution in [0.3, 0.4) is 0 Å². The van der Waals surface area contributed by atoms with Gasteiger partial charge in [0.25, 0.3) is 0 Å². The second-order valence-corrected chi connectivity index (χ2v) is 14.2. The maximum Gasteiger partial charge on any atom is 0.214 e. The van der Waals surface area contributed by atoms with Gasteiger partial charge in [-0.3, -0.25) is 9.99 Å². The Morgan fingerprint density at radius 2 is 1.74 bits per heavy atom. The fourth-order valence-corrected chi connectivity index (χ4v) is 10.6. The van der Waals surface area contributed by atoms with Crippen molar-refractivity contribution in [3.63, 3.8) is 0 Å². The average molecular weight is 657 g/mol. The molecule has 0 amide bonds. The van der Waals surface area contributed by atoms with E-state index in [1.54, 1.807) is 35.2 Å². The van der Waals surface area contributed by atoms with Crippen LogP contribution in [0.4, 0.5) is 10.9 Å². The third kappa shape index (κ3) is 3.76. The smallest absolute Gasteiger partial charge is 0.214 e. The van der Waals surface area contributed by atoms with Gasteiger partial charge in [-0.15, -0.1) is 34.0 Å². The number of hydrogen-bond donors (Lipinski definition) is 1.